The van der Waals surface area contributed by atoms with Gasteiger partial charge in [-0.05, 0) is 53.8 Å². The van der Waals surface area contributed by atoms with E-state index in [-0.39, 0.29) is 12.5 Å². The van der Waals surface area contributed by atoms with Crippen LogP contribution in [0.3, 0.4) is 0 Å². The molecular formula is C27H25Cl2N3O2. The van der Waals surface area contributed by atoms with Gasteiger partial charge in [0.15, 0.2) is 0 Å². The molecule has 0 aliphatic rings. The topological polar surface area (TPSA) is 82.0 Å². The average Bonchev–Trinajstić information content (AvgIpc) is 2.82. The number of hydrogen-bond acceptors (Lipinski definition) is 3. The Morgan fingerprint density at radius 3 is 1.91 bits per heavy atom. The van der Waals surface area contributed by atoms with E-state index in [1.807, 2.05) is 62.4 Å². The average molecular weight is 494 g/mol. The van der Waals surface area contributed by atoms with Gasteiger partial charge >= 0.3 is 0 Å². The quantitative estimate of drug-likeness (QED) is 0.371. The van der Waals surface area contributed by atoms with Crippen LogP contribution in [0, 0.1) is 17.2 Å². The molecule has 0 bridgehead atoms. The first-order chi connectivity index (χ1) is 16.3. The summed E-state index contributed by atoms with van der Waals surface area (Å²) in [6.07, 6.45) is 0.435. The van der Waals surface area contributed by atoms with E-state index in [9.17, 15) is 9.59 Å². The van der Waals surface area contributed by atoms with E-state index in [1.54, 1.807) is 24.3 Å². The largest absolute Gasteiger partial charge is 0.341 e. The highest BCUT2D eigenvalue weighted by Crippen LogP contribution is 2.34. The van der Waals surface area contributed by atoms with Gasteiger partial charge in [-0.3, -0.25) is 9.59 Å². The third-order valence-corrected chi connectivity index (χ3v) is 5.89. The van der Waals surface area contributed by atoms with Gasteiger partial charge in [0, 0.05) is 26.7 Å². The molecule has 0 saturated heterocycles. The SMILES string of the molecule is CC(C)C[C@H](NC(=O)c1cc(-c2ccccc2Cl)cc(-c2ccccc2Cl)c1)C(=O)NCC#N. The minimum absolute atomic E-state index is 0.123. The molecule has 3 rings (SSSR count). The van der Waals surface area contributed by atoms with E-state index < -0.39 is 17.9 Å². The van der Waals surface area contributed by atoms with Crippen molar-refractivity contribution in [1.82, 2.24) is 10.6 Å². The second-order valence-corrected chi connectivity index (χ2v) is 9.10. The van der Waals surface area contributed by atoms with E-state index in [4.69, 9.17) is 28.5 Å². The highest BCUT2D eigenvalue weighted by molar-refractivity contribution is 6.34. The molecule has 3 aromatic carbocycles. The fourth-order valence-corrected chi connectivity index (χ4v) is 4.14. The summed E-state index contributed by atoms with van der Waals surface area (Å²) in [5, 5.41) is 15.3. The third-order valence-electron chi connectivity index (χ3n) is 5.24. The van der Waals surface area contributed by atoms with E-state index in [1.165, 1.54) is 0 Å². The molecule has 2 amide bonds. The van der Waals surface area contributed by atoms with Crippen LogP contribution in [0.2, 0.25) is 10.0 Å². The van der Waals surface area contributed by atoms with E-state index in [0.717, 1.165) is 22.3 Å². The first-order valence-electron chi connectivity index (χ1n) is 10.9. The molecule has 0 saturated carbocycles. The molecule has 0 heterocycles. The van der Waals surface area contributed by atoms with Crippen LogP contribution >= 0.6 is 23.2 Å². The predicted molar refractivity (Wildman–Crippen MR) is 137 cm³/mol. The van der Waals surface area contributed by atoms with E-state index >= 15 is 0 Å². The van der Waals surface area contributed by atoms with Crippen molar-refractivity contribution in [3.05, 3.63) is 82.3 Å². The number of nitrogens with zero attached hydrogens (tertiary/aromatic N) is 1. The third kappa shape index (κ3) is 6.38. The summed E-state index contributed by atoms with van der Waals surface area (Å²) in [6.45, 7) is 3.80. The molecule has 0 spiro atoms. The van der Waals surface area contributed by atoms with Crippen LogP contribution in [0.5, 0.6) is 0 Å². The van der Waals surface area contributed by atoms with Gasteiger partial charge in [0.1, 0.15) is 12.6 Å². The molecular weight excluding hydrogens is 469 g/mol. The number of nitriles is 1. The Labute approximate surface area is 209 Å². The molecule has 5 nitrogen and oxygen atoms in total. The van der Waals surface area contributed by atoms with Gasteiger partial charge in [0.25, 0.3) is 5.91 Å². The van der Waals surface area contributed by atoms with Crippen molar-refractivity contribution in [3.63, 3.8) is 0 Å². The number of carbonyl (C=O) groups excluding carboxylic acids is 2. The number of amides is 2. The summed E-state index contributed by atoms with van der Waals surface area (Å²) in [4.78, 5) is 25.9. The highest BCUT2D eigenvalue weighted by atomic mass is 35.5. The zero-order valence-electron chi connectivity index (χ0n) is 18.9. The molecule has 174 valence electrons. The number of hydrogen-bond donors (Lipinski definition) is 2. The smallest absolute Gasteiger partial charge is 0.251 e. The van der Waals surface area contributed by atoms with Crippen molar-refractivity contribution < 1.29 is 9.59 Å². The lowest BCUT2D eigenvalue weighted by molar-refractivity contribution is -0.123. The Bertz CT molecular complexity index is 1170. The molecule has 0 aliphatic carbocycles. The van der Waals surface area contributed by atoms with Crippen LogP contribution in [0.1, 0.15) is 30.6 Å². The molecule has 7 heteroatoms. The van der Waals surface area contributed by atoms with Crippen LogP contribution in [0.4, 0.5) is 0 Å². The lowest BCUT2D eigenvalue weighted by Gasteiger charge is -2.20. The maximum atomic E-state index is 13.3. The zero-order valence-corrected chi connectivity index (χ0v) is 20.5. The molecule has 3 aromatic rings. The van der Waals surface area contributed by atoms with Gasteiger partial charge in [-0.1, -0.05) is 73.4 Å². The Morgan fingerprint density at radius 2 is 1.44 bits per heavy atom. The summed E-state index contributed by atoms with van der Waals surface area (Å²) >= 11 is 12.9. The summed E-state index contributed by atoms with van der Waals surface area (Å²) in [5.74, 6) is -0.636. The van der Waals surface area contributed by atoms with E-state index in [0.29, 0.717) is 22.0 Å². The minimum Gasteiger partial charge on any atom is -0.341 e. The number of halogens is 2. The van der Waals surface area contributed by atoms with Gasteiger partial charge in [-0.25, -0.2) is 0 Å². The van der Waals surface area contributed by atoms with Crippen LogP contribution in [0.25, 0.3) is 22.3 Å². The predicted octanol–water partition coefficient (Wildman–Crippen LogP) is 6.11. The van der Waals surface area contributed by atoms with Crippen LogP contribution in [0.15, 0.2) is 66.7 Å². The fourth-order valence-electron chi connectivity index (χ4n) is 3.65. The summed E-state index contributed by atoms with van der Waals surface area (Å²) in [7, 11) is 0. The van der Waals surface area contributed by atoms with E-state index in [2.05, 4.69) is 10.6 Å². The molecule has 0 aliphatic heterocycles. The van der Waals surface area contributed by atoms with Gasteiger partial charge < -0.3 is 10.6 Å². The van der Waals surface area contributed by atoms with Gasteiger partial charge in [0.05, 0.1) is 6.07 Å². The van der Waals surface area contributed by atoms with Crippen LogP contribution < -0.4 is 10.6 Å². The molecule has 1 atom stereocenters. The van der Waals surface area contributed by atoms with Crippen LogP contribution in [-0.2, 0) is 4.79 Å². The normalized spacial score (nSPS) is 11.5. The second-order valence-electron chi connectivity index (χ2n) is 8.29. The lowest BCUT2D eigenvalue weighted by Crippen LogP contribution is -2.47. The van der Waals surface area contributed by atoms with Gasteiger partial charge in [-0.15, -0.1) is 0 Å². The number of carbonyl (C=O) groups is 2. The summed E-state index contributed by atoms with van der Waals surface area (Å²) < 4.78 is 0. The monoisotopic (exact) mass is 493 g/mol. The Balaban J connectivity index is 2.04. The van der Waals surface area contributed by atoms with Crippen molar-refractivity contribution >= 4 is 35.0 Å². The summed E-state index contributed by atoms with van der Waals surface area (Å²) in [5.41, 5.74) is 3.43. The van der Waals surface area contributed by atoms with Crippen molar-refractivity contribution in [2.75, 3.05) is 6.54 Å². The lowest BCUT2D eigenvalue weighted by atomic mass is 9.95. The molecule has 0 aromatic heterocycles. The highest BCUT2D eigenvalue weighted by Gasteiger charge is 2.23. The maximum absolute atomic E-state index is 13.3. The van der Waals surface area contributed by atoms with Crippen molar-refractivity contribution in [2.24, 2.45) is 5.92 Å². The molecule has 0 unspecified atom stereocenters. The Morgan fingerprint density at radius 1 is 0.912 bits per heavy atom. The van der Waals surface area contributed by atoms with Crippen molar-refractivity contribution in [3.8, 4) is 28.3 Å². The Kier molecular flexibility index (Phi) is 8.70. The first kappa shape index (κ1) is 25.3. The fraction of sp³-hybridized carbons (Fsp3) is 0.222. The van der Waals surface area contributed by atoms with Gasteiger partial charge in [-0.2, -0.15) is 5.26 Å². The molecule has 0 radical (unpaired) electrons. The zero-order chi connectivity index (χ0) is 24.7. The minimum atomic E-state index is -0.770. The van der Waals surface area contributed by atoms with Gasteiger partial charge in [0.2, 0.25) is 5.91 Å². The number of benzene rings is 3. The van der Waals surface area contributed by atoms with Crippen molar-refractivity contribution in [1.29, 1.82) is 5.26 Å². The standard InChI is InChI=1S/C27H25Cl2N3O2/c1-17(2)13-25(27(34)31-12-11-30)32-26(33)20-15-18(21-7-3-5-9-23(21)28)14-19(16-20)22-8-4-6-10-24(22)29/h3-10,14-17,25H,12-13H2,1-2H3,(H,31,34)(H,32,33)/t25-/m0/s1. The number of nitrogens with one attached hydrogen (secondary N) is 2. The second kappa shape index (κ2) is 11.7. The Hall–Kier alpha value is -3.33. The first-order valence-corrected chi connectivity index (χ1v) is 11.7. The number of rotatable bonds is 8. The maximum Gasteiger partial charge on any atom is 0.251 e. The molecule has 34 heavy (non-hydrogen) atoms. The molecule has 0 fully saturated rings. The molecule has 2 N–H and O–H groups in total. The summed E-state index contributed by atoms with van der Waals surface area (Å²) in [6, 6.07) is 21.3. The van der Waals surface area contributed by atoms with Crippen molar-refractivity contribution in [2.45, 2.75) is 26.3 Å². The van der Waals surface area contributed by atoms with Crippen LogP contribution in [-0.4, -0.2) is 24.4 Å².